The van der Waals surface area contributed by atoms with Gasteiger partial charge in [0, 0.05) is 17.5 Å². The highest BCUT2D eigenvalue weighted by Crippen LogP contribution is 2.41. The van der Waals surface area contributed by atoms with E-state index < -0.39 is 11.9 Å². The number of ether oxygens (including phenoxy) is 1. The molecule has 2 aliphatic carbocycles. The summed E-state index contributed by atoms with van der Waals surface area (Å²) in [6.45, 7) is 3.99. The van der Waals surface area contributed by atoms with Crippen LogP contribution in [0.1, 0.15) is 74.6 Å². The molecular weight excluding hydrogens is 473 g/mol. The van der Waals surface area contributed by atoms with Crippen LogP contribution in [-0.2, 0) is 0 Å². The highest BCUT2D eigenvalue weighted by atomic mass is 19.1. The molecule has 1 saturated carbocycles. The van der Waals surface area contributed by atoms with E-state index in [1.54, 1.807) is 16.4 Å². The molecular formula is C27H28FN7O2. The van der Waals surface area contributed by atoms with E-state index in [9.17, 15) is 9.18 Å². The van der Waals surface area contributed by atoms with E-state index >= 15 is 0 Å². The van der Waals surface area contributed by atoms with Gasteiger partial charge < -0.3 is 10.5 Å². The van der Waals surface area contributed by atoms with Crippen molar-refractivity contribution < 1.29 is 9.13 Å². The molecule has 0 radical (unpaired) electrons. The van der Waals surface area contributed by atoms with Gasteiger partial charge in [0.05, 0.1) is 23.8 Å². The van der Waals surface area contributed by atoms with E-state index in [4.69, 9.17) is 20.6 Å². The third-order valence-electron chi connectivity index (χ3n) is 7.30. The average molecular weight is 502 g/mol. The van der Waals surface area contributed by atoms with Crippen LogP contribution in [0.15, 0.2) is 41.5 Å². The number of hydrogen-bond donors (Lipinski definition) is 1. The Morgan fingerprint density at radius 1 is 1.22 bits per heavy atom. The quantitative estimate of drug-likeness (QED) is 0.404. The fourth-order valence-corrected chi connectivity index (χ4v) is 5.19. The highest BCUT2D eigenvalue weighted by molar-refractivity contribution is 5.98. The third kappa shape index (κ3) is 3.70. The first-order chi connectivity index (χ1) is 17.9. The minimum absolute atomic E-state index is 0.00182. The largest absolute Gasteiger partial charge is 0.497 e. The first-order valence-electron chi connectivity index (χ1n) is 12.6. The summed E-state index contributed by atoms with van der Waals surface area (Å²) in [4.78, 5) is 27.4. The lowest BCUT2D eigenvalue weighted by atomic mass is 9.92. The topological polar surface area (TPSA) is 114 Å². The van der Waals surface area contributed by atoms with Gasteiger partial charge in [-0.2, -0.15) is 5.10 Å². The van der Waals surface area contributed by atoms with Gasteiger partial charge in [-0.05, 0) is 56.0 Å². The minimum atomic E-state index is -0.480. The minimum Gasteiger partial charge on any atom is -0.497 e. The van der Waals surface area contributed by atoms with Crippen molar-refractivity contribution in [2.24, 2.45) is 0 Å². The Kier molecular flexibility index (Phi) is 5.54. The molecule has 3 heterocycles. The van der Waals surface area contributed by atoms with Crippen molar-refractivity contribution >= 4 is 22.7 Å². The molecule has 2 atom stereocenters. The Morgan fingerprint density at radius 3 is 2.65 bits per heavy atom. The van der Waals surface area contributed by atoms with Crippen molar-refractivity contribution in [3.05, 3.63) is 64.1 Å². The Balaban J connectivity index is 1.59. The van der Waals surface area contributed by atoms with Crippen LogP contribution in [0.25, 0.3) is 28.1 Å². The number of anilines is 1. The number of nitrogens with two attached hydrogens (primary N) is 1. The number of allylic oxidation sites excluding steroid dienone is 1. The zero-order valence-corrected chi connectivity index (χ0v) is 21.0. The first-order valence-corrected chi connectivity index (χ1v) is 12.6. The highest BCUT2D eigenvalue weighted by Gasteiger charge is 2.36. The van der Waals surface area contributed by atoms with Crippen LogP contribution in [0.4, 0.5) is 10.2 Å². The van der Waals surface area contributed by atoms with Crippen molar-refractivity contribution in [2.75, 3.05) is 12.8 Å². The number of halogens is 1. The van der Waals surface area contributed by atoms with Crippen LogP contribution in [-0.4, -0.2) is 36.4 Å². The summed E-state index contributed by atoms with van der Waals surface area (Å²) in [6.07, 6.45) is 5.72. The maximum Gasteiger partial charge on any atom is 0.264 e. The normalized spacial score (nSPS) is 17.9. The molecule has 6 rings (SSSR count). The summed E-state index contributed by atoms with van der Waals surface area (Å²) in [5.74, 6) is 1.08. The molecule has 3 aromatic heterocycles. The monoisotopic (exact) mass is 501 g/mol. The third-order valence-corrected chi connectivity index (χ3v) is 7.30. The van der Waals surface area contributed by atoms with Gasteiger partial charge in [-0.3, -0.25) is 9.36 Å². The lowest BCUT2D eigenvalue weighted by Crippen LogP contribution is -2.33. The SMILES string of the molecule is CCC(c1nc2c(c(=O)n1C1CC1)C(F)=CCC2C)n1nc(-c2ccc(OC)cc2)c2c(N)ncnc21. The summed E-state index contributed by atoms with van der Waals surface area (Å²) >= 11 is 0. The molecule has 0 amide bonds. The van der Waals surface area contributed by atoms with Crippen LogP contribution in [0.3, 0.4) is 0 Å². The molecule has 37 heavy (non-hydrogen) atoms. The second kappa shape index (κ2) is 8.79. The number of benzene rings is 1. The number of nitrogens with zero attached hydrogens (tertiary/aromatic N) is 6. The van der Waals surface area contributed by atoms with Gasteiger partial charge in [-0.15, -0.1) is 0 Å². The van der Waals surface area contributed by atoms with E-state index in [-0.39, 0.29) is 23.1 Å². The Bertz CT molecular complexity index is 1600. The zero-order valence-electron chi connectivity index (χ0n) is 21.0. The van der Waals surface area contributed by atoms with Gasteiger partial charge in [0.1, 0.15) is 41.3 Å². The Labute approximate surface area is 212 Å². The number of fused-ring (bicyclic) bond motifs is 2. The molecule has 1 fully saturated rings. The molecule has 0 spiro atoms. The van der Waals surface area contributed by atoms with Crippen molar-refractivity contribution in [1.29, 1.82) is 0 Å². The molecule has 9 nitrogen and oxygen atoms in total. The fourth-order valence-electron chi connectivity index (χ4n) is 5.19. The maximum absolute atomic E-state index is 14.9. The second-order valence-corrected chi connectivity index (χ2v) is 9.73. The number of hydrogen-bond acceptors (Lipinski definition) is 7. The smallest absolute Gasteiger partial charge is 0.264 e. The molecule has 2 N–H and O–H groups in total. The van der Waals surface area contributed by atoms with E-state index in [1.165, 1.54) is 12.4 Å². The van der Waals surface area contributed by atoms with Crippen molar-refractivity contribution in [2.45, 2.75) is 57.5 Å². The van der Waals surface area contributed by atoms with Gasteiger partial charge in [-0.25, -0.2) is 24.0 Å². The summed E-state index contributed by atoms with van der Waals surface area (Å²) in [5.41, 5.74) is 8.64. The summed E-state index contributed by atoms with van der Waals surface area (Å²) < 4.78 is 23.6. The van der Waals surface area contributed by atoms with Crippen LogP contribution >= 0.6 is 0 Å². The van der Waals surface area contributed by atoms with Crippen LogP contribution in [0.2, 0.25) is 0 Å². The first kappa shape index (κ1) is 23.3. The molecule has 0 saturated heterocycles. The lowest BCUT2D eigenvalue weighted by molar-refractivity contribution is 0.415. The second-order valence-electron chi connectivity index (χ2n) is 9.73. The standard InChI is InChI=1S/C27H28FN7O2/c1-4-19(25-32-22-14(2)5-12-18(28)20(22)27(36)34(25)16-8-9-16)35-26-21(24(29)30-13-31-26)23(33-35)15-6-10-17(37-3)11-7-15/h6-7,10-14,16,19H,4-5,8-9H2,1-3H3,(H2,29,30,31). The van der Waals surface area contributed by atoms with E-state index in [0.717, 1.165) is 24.2 Å². The summed E-state index contributed by atoms with van der Waals surface area (Å²) in [5, 5.41) is 5.60. The van der Waals surface area contributed by atoms with E-state index in [0.29, 0.717) is 46.9 Å². The van der Waals surface area contributed by atoms with E-state index in [2.05, 4.69) is 9.97 Å². The molecule has 2 unspecified atom stereocenters. The summed E-state index contributed by atoms with van der Waals surface area (Å²) in [6, 6.07) is 7.12. The number of rotatable bonds is 6. The number of methoxy groups -OCH3 is 1. The number of nitrogen functional groups attached to an aromatic ring is 1. The molecule has 1 aromatic carbocycles. The van der Waals surface area contributed by atoms with Crippen LogP contribution in [0, 0.1) is 0 Å². The molecule has 2 aliphatic rings. The lowest BCUT2D eigenvalue weighted by Gasteiger charge is -2.25. The predicted molar refractivity (Wildman–Crippen MR) is 139 cm³/mol. The van der Waals surface area contributed by atoms with Gasteiger partial charge in [0.2, 0.25) is 0 Å². The van der Waals surface area contributed by atoms with Crippen molar-refractivity contribution in [3.8, 4) is 17.0 Å². The van der Waals surface area contributed by atoms with Gasteiger partial charge >= 0.3 is 0 Å². The molecule has 10 heteroatoms. The fraction of sp³-hybridized carbons (Fsp3) is 0.370. The van der Waals surface area contributed by atoms with Crippen molar-refractivity contribution in [3.63, 3.8) is 0 Å². The van der Waals surface area contributed by atoms with Crippen LogP contribution < -0.4 is 16.0 Å². The molecule has 0 bridgehead atoms. The predicted octanol–water partition coefficient (Wildman–Crippen LogP) is 4.79. The molecule has 0 aliphatic heterocycles. The summed E-state index contributed by atoms with van der Waals surface area (Å²) in [7, 11) is 1.62. The number of aromatic nitrogens is 6. The van der Waals surface area contributed by atoms with Gasteiger partial charge in [-0.1, -0.05) is 13.8 Å². The Morgan fingerprint density at radius 2 is 1.97 bits per heavy atom. The Hall–Kier alpha value is -4.08. The molecule has 190 valence electrons. The molecule has 4 aromatic rings. The van der Waals surface area contributed by atoms with Crippen molar-refractivity contribution in [1.82, 2.24) is 29.3 Å². The van der Waals surface area contributed by atoms with Gasteiger partial charge in [0.15, 0.2) is 5.65 Å². The zero-order chi connectivity index (χ0) is 25.8. The average Bonchev–Trinajstić information content (AvgIpc) is 3.67. The maximum atomic E-state index is 14.9. The van der Waals surface area contributed by atoms with Gasteiger partial charge in [0.25, 0.3) is 5.56 Å². The van der Waals surface area contributed by atoms with E-state index in [1.807, 2.05) is 38.1 Å². The van der Waals surface area contributed by atoms with Crippen LogP contribution in [0.5, 0.6) is 5.75 Å².